The average Bonchev–Trinajstić information content (AvgIpc) is 2.62. The fourth-order valence-corrected chi connectivity index (χ4v) is 3.98. The van der Waals surface area contributed by atoms with E-state index in [-0.39, 0.29) is 16.5 Å². The van der Waals surface area contributed by atoms with Crippen LogP contribution in [0.4, 0.5) is 5.69 Å². The monoisotopic (exact) mass is 380 g/mol. The number of aromatic carboxylic acids is 1. The van der Waals surface area contributed by atoms with Gasteiger partial charge in [-0.2, -0.15) is 0 Å². The molecule has 0 heterocycles. The molecule has 0 unspecified atom stereocenters. The van der Waals surface area contributed by atoms with E-state index in [4.69, 9.17) is 0 Å². The maximum atomic E-state index is 12.5. The van der Waals surface area contributed by atoms with Gasteiger partial charge in [-0.15, -0.1) is 0 Å². The predicted molar refractivity (Wildman–Crippen MR) is 103 cm³/mol. The van der Waals surface area contributed by atoms with Gasteiger partial charge in [-0.3, -0.25) is 0 Å². The summed E-state index contributed by atoms with van der Waals surface area (Å²) in [7, 11) is -3.74. The largest absolute Gasteiger partial charge is 0.478 e. The number of sulfonamides is 1. The summed E-state index contributed by atoms with van der Waals surface area (Å²) >= 11 is 0. The quantitative estimate of drug-likeness (QED) is 0.567. The van der Waals surface area contributed by atoms with Crippen LogP contribution in [0.2, 0.25) is 0 Å². The summed E-state index contributed by atoms with van der Waals surface area (Å²) < 4.78 is 27.6. The fourth-order valence-electron chi connectivity index (χ4n) is 2.92. The zero-order valence-corrected chi connectivity index (χ0v) is 16.2. The highest BCUT2D eigenvalue weighted by Gasteiger charge is 2.19. The molecule has 0 amide bonds. The van der Waals surface area contributed by atoms with Crippen molar-refractivity contribution in [3.8, 4) is 0 Å². The van der Waals surface area contributed by atoms with Gasteiger partial charge in [0.15, 0.2) is 0 Å². The van der Waals surface area contributed by atoms with Gasteiger partial charge in [0.2, 0.25) is 10.0 Å². The zero-order valence-electron chi connectivity index (χ0n) is 15.4. The second-order valence-corrected chi connectivity index (χ2v) is 8.49. The molecule has 0 spiro atoms. The number of carbonyl (C=O) groups is 1. The predicted octanol–water partition coefficient (Wildman–Crippen LogP) is 3.76. The Kier molecular flexibility index (Phi) is 7.23. The van der Waals surface area contributed by atoms with Crippen LogP contribution in [-0.2, 0) is 10.0 Å². The third-order valence-electron chi connectivity index (χ3n) is 4.67. The number of allylic oxidation sites excluding steroid dienone is 1. The summed E-state index contributed by atoms with van der Waals surface area (Å²) in [5, 5.41) is 12.5. The van der Waals surface area contributed by atoms with Crippen molar-refractivity contribution < 1.29 is 18.3 Å². The first kappa shape index (κ1) is 20.5. The third kappa shape index (κ3) is 5.57. The van der Waals surface area contributed by atoms with Gasteiger partial charge in [0, 0.05) is 18.3 Å². The van der Waals surface area contributed by atoms with Crippen LogP contribution in [0.15, 0.2) is 34.7 Å². The first-order chi connectivity index (χ1) is 12.3. The second-order valence-electron chi connectivity index (χ2n) is 6.72. The van der Waals surface area contributed by atoms with Gasteiger partial charge in [-0.05, 0) is 63.6 Å². The molecule has 0 saturated carbocycles. The van der Waals surface area contributed by atoms with Gasteiger partial charge >= 0.3 is 5.97 Å². The molecule has 0 fully saturated rings. The number of hydrogen-bond acceptors (Lipinski definition) is 4. The summed E-state index contributed by atoms with van der Waals surface area (Å²) in [5.74, 6) is -1.15. The van der Waals surface area contributed by atoms with Crippen LogP contribution in [0.1, 0.15) is 62.7 Å². The molecular formula is C19H28N2O4S. The number of benzene rings is 1. The summed E-state index contributed by atoms with van der Waals surface area (Å²) in [6, 6.07) is 4.28. The van der Waals surface area contributed by atoms with E-state index < -0.39 is 16.0 Å². The van der Waals surface area contributed by atoms with Gasteiger partial charge in [0.25, 0.3) is 0 Å². The first-order valence-electron chi connectivity index (χ1n) is 9.15. The van der Waals surface area contributed by atoms with Crippen LogP contribution in [0.25, 0.3) is 0 Å². The van der Waals surface area contributed by atoms with E-state index in [2.05, 4.69) is 16.1 Å². The van der Waals surface area contributed by atoms with E-state index in [0.29, 0.717) is 18.7 Å². The standard InChI is InChI=1S/C19H28N2O4S/c1-3-14(2)21-18-10-9-16(13-17(18)19(22)23)26(24,25)20-12-11-15-7-5-4-6-8-15/h7,9-10,13-14,20-21H,3-6,8,11-12H2,1-2H3,(H,22,23)/t14-/m1/s1. The molecule has 1 aromatic rings. The van der Waals surface area contributed by atoms with Gasteiger partial charge in [-0.25, -0.2) is 17.9 Å². The molecule has 7 heteroatoms. The van der Waals surface area contributed by atoms with E-state index in [0.717, 1.165) is 25.7 Å². The lowest BCUT2D eigenvalue weighted by atomic mass is 9.97. The van der Waals surface area contributed by atoms with Crippen molar-refractivity contribution in [2.75, 3.05) is 11.9 Å². The number of nitrogens with one attached hydrogen (secondary N) is 2. The summed E-state index contributed by atoms with van der Waals surface area (Å²) in [6.45, 7) is 4.25. The Bertz CT molecular complexity index is 772. The van der Waals surface area contributed by atoms with E-state index in [1.807, 2.05) is 13.8 Å². The van der Waals surface area contributed by atoms with E-state index in [1.165, 1.54) is 30.2 Å². The van der Waals surface area contributed by atoms with Crippen molar-refractivity contribution in [1.29, 1.82) is 0 Å². The molecular weight excluding hydrogens is 352 g/mol. The number of carboxylic acids is 1. The van der Waals surface area contributed by atoms with Crippen molar-refractivity contribution >= 4 is 21.7 Å². The average molecular weight is 381 g/mol. The number of anilines is 1. The molecule has 1 aliphatic rings. The molecule has 6 nitrogen and oxygen atoms in total. The smallest absolute Gasteiger partial charge is 0.337 e. The van der Waals surface area contributed by atoms with Gasteiger partial charge in [0.1, 0.15) is 0 Å². The first-order valence-corrected chi connectivity index (χ1v) is 10.6. The number of hydrogen-bond donors (Lipinski definition) is 3. The Morgan fingerprint density at radius 1 is 1.31 bits per heavy atom. The van der Waals surface area contributed by atoms with E-state index >= 15 is 0 Å². The molecule has 144 valence electrons. The molecule has 1 atom stereocenters. The Morgan fingerprint density at radius 2 is 2.08 bits per heavy atom. The zero-order chi connectivity index (χ0) is 19.2. The Hall–Kier alpha value is -1.86. The molecule has 2 rings (SSSR count). The molecule has 0 aliphatic heterocycles. The van der Waals surface area contributed by atoms with E-state index in [1.54, 1.807) is 0 Å². The van der Waals surface area contributed by atoms with Gasteiger partial charge in [-0.1, -0.05) is 18.6 Å². The molecule has 0 saturated heterocycles. The Balaban J connectivity index is 2.11. The molecule has 1 aromatic carbocycles. The lowest BCUT2D eigenvalue weighted by Crippen LogP contribution is -2.26. The summed E-state index contributed by atoms with van der Waals surface area (Å²) in [6.07, 6.45) is 8.16. The topological polar surface area (TPSA) is 95.5 Å². The van der Waals surface area contributed by atoms with Crippen molar-refractivity contribution in [2.45, 2.75) is 63.3 Å². The van der Waals surface area contributed by atoms with E-state index in [9.17, 15) is 18.3 Å². The highest BCUT2D eigenvalue weighted by molar-refractivity contribution is 7.89. The molecule has 3 N–H and O–H groups in total. The molecule has 26 heavy (non-hydrogen) atoms. The highest BCUT2D eigenvalue weighted by Crippen LogP contribution is 2.23. The van der Waals surface area contributed by atoms with Crippen molar-refractivity contribution in [1.82, 2.24) is 4.72 Å². The number of rotatable bonds is 9. The van der Waals surface area contributed by atoms with Crippen LogP contribution >= 0.6 is 0 Å². The maximum Gasteiger partial charge on any atom is 0.337 e. The van der Waals surface area contributed by atoms with Crippen molar-refractivity contribution in [3.05, 3.63) is 35.4 Å². The lowest BCUT2D eigenvalue weighted by Gasteiger charge is -2.16. The summed E-state index contributed by atoms with van der Waals surface area (Å²) in [5.41, 5.74) is 1.68. The lowest BCUT2D eigenvalue weighted by molar-refractivity contribution is 0.0697. The minimum absolute atomic E-state index is 0.0257. The number of carboxylic acid groups (broad SMARTS) is 1. The Labute approximate surface area is 155 Å². The molecule has 0 aromatic heterocycles. The molecule has 1 aliphatic carbocycles. The van der Waals surface area contributed by atoms with Crippen LogP contribution < -0.4 is 10.0 Å². The normalized spacial score (nSPS) is 16.0. The third-order valence-corrected chi connectivity index (χ3v) is 6.13. The van der Waals surface area contributed by atoms with Gasteiger partial charge < -0.3 is 10.4 Å². The van der Waals surface area contributed by atoms with Crippen molar-refractivity contribution in [3.63, 3.8) is 0 Å². The Morgan fingerprint density at radius 3 is 2.69 bits per heavy atom. The molecule has 0 radical (unpaired) electrons. The minimum Gasteiger partial charge on any atom is -0.478 e. The van der Waals surface area contributed by atoms with Crippen LogP contribution in [0, 0.1) is 0 Å². The van der Waals surface area contributed by atoms with Crippen LogP contribution in [-0.4, -0.2) is 32.1 Å². The van der Waals surface area contributed by atoms with Gasteiger partial charge in [0.05, 0.1) is 10.5 Å². The highest BCUT2D eigenvalue weighted by atomic mass is 32.2. The van der Waals surface area contributed by atoms with Crippen LogP contribution in [0.5, 0.6) is 0 Å². The van der Waals surface area contributed by atoms with Crippen molar-refractivity contribution in [2.24, 2.45) is 0 Å². The summed E-state index contributed by atoms with van der Waals surface area (Å²) in [4.78, 5) is 11.5. The fraction of sp³-hybridized carbons (Fsp3) is 0.526. The minimum atomic E-state index is -3.74. The maximum absolute atomic E-state index is 12.5. The second kappa shape index (κ2) is 9.19. The SMILES string of the molecule is CC[C@@H](C)Nc1ccc(S(=O)(=O)NCCC2=CCCCC2)cc1C(=O)O. The molecule has 0 bridgehead atoms. The van der Waals surface area contributed by atoms with Crippen LogP contribution in [0.3, 0.4) is 0 Å².